The van der Waals surface area contributed by atoms with Crippen molar-refractivity contribution in [1.29, 1.82) is 0 Å². The Hall–Kier alpha value is -3.15. The number of nitrogens with one attached hydrogen (secondary N) is 4. The summed E-state index contributed by atoms with van der Waals surface area (Å²) in [5.41, 5.74) is 1.98. The topological polar surface area (TPSA) is 129 Å². The van der Waals surface area contributed by atoms with Crippen molar-refractivity contribution in [3.05, 3.63) is 66.2 Å². The zero-order valence-electron chi connectivity index (χ0n) is 25.0. The molecule has 43 heavy (non-hydrogen) atoms. The predicted octanol–water partition coefficient (Wildman–Crippen LogP) is 3.52. The number of ether oxygens (including phenoxy) is 1. The van der Waals surface area contributed by atoms with Crippen LogP contribution in [0.25, 0.3) is 0 Å². The third-order valence-electron chi connectivity index (χ3n) is 8.15. The van der Waals surface area contributed by atoms with Crippen LogP contribution in [0.4, 0.5) is 10.5 Å². The maximum absolute atomic E-state index is 13.8. The fourth-order valence-electron chi connectivity index (χ4n) is 5.77. The Bertz CT molecular complexity index is 1220. The summed E-state index contributed by atoms with van der Waals surface area (Å²) in [5, 5.41) is 9.20. The van der Waals surface area contributed by atoms with E-state index < -0.39 is 22.1 Å². The van der Waals surface area contributed by atoms with Crippen LogP contribution >= 0.6 is 0 Å². The van der Waals surface area contributed by atoms with Gasteiger partial charge >= 0.3 is 6.03 Å². The number of para-hydroxylation sites is 1. The molecule has 4 N–H and O–H groups in total. The van der Waals surface area contributed by atoms with Crippen molar-refractivity contribution in [2.75, 3.05) is 50.5 Å². The Labute approximate surface area is 256 Å². The Kier molecular flexibility index (Phi) is 13.1. The number of hydrogen-bond donors (Lipinski definition) is 4. The van der Waals surface area contributed by atoms with E-state index in [0.717, 1.165) is 36.9 Å². The molecular formula is C32H47N5O5S. The minimum absolute atomic E-state index is 0.219. The van der Waals surface area contributed by atoms with Crippen LogP contribution in [0.15, 0.2) is 60.7 Å². The number of nitrogens with zero attached hydrogens (tertiary/aromatic N) is 1. The number of benzene rings is 2. The van der Waals surface area contributed by atoms with Gasteiger partial charge in [-0.25, -0.2) is 17.9 Å². The standard InChI is InChI=1S/C32H47N5O5S/c38-31(30(24-27-12-6-2-7-13-27)36-32(39)37-20-22-42-23-21-37)35-29(17-16-26-10-4-1-5-11-26)25-43(40,41)34-19-18-33-28-14-8-3-9-15-28/h1,3-5,8-11,14-15,27,29-30,33-34H,2,6-7,12-13,16-25H2,(H,35,38)(H,36,39). The largest absolute Gasteiger partial charge is 0.384 e. The van der Waals surface area contributed by atoms with Crippen LogP contribution < -0.4 is 20.7 Å². The van der Waals surface area contributed by atoms with Crippen molar-refractivity contribution >= 4 is 27.6 Å². The van der Waals surface area contributed by atoms with Gasteiger partial charge in [0.15, 0.2) is 0 Å². The highest BCUT2D eigenvalue weighted by Gasteiger charge is 2.30. The van der Waals surface area contributed by atoms with Crippen molar-refractivity contribution in [3.8, 4) is 0 Å². The molecule has 1 saturated carbocycles. The minimum Gasteiger partial charge on any atom is -0.384 e. The third kappa shape index (κ3) is 11.8. The first kappa shape index (κ1) is 32.8. The van der Waals surface area contributed by atoms with Crippen molar-refractivity contribution in [2.45, 2.75) is 63.5 Å². The van der Waals surface area contributed by atoms with Gasteiger partial charge in [-0.2, -0.15) is 0 Å². The van der Waals surface area contributed by atoms with E-state index in [9.17, 15) is 18.0 Å². The minimum atomic E-state index is -3.69. The Morgan fingerprint density at radius 1 is 0.884 bits per heavy atom. The molecule has 1 aliphatic carbocycles. The molecule has 2 aromatic rings. The van der Waals surface area contributed by atoms with Crippen LogP contribution in [0, 0.1) is 5.92 Å². The van der Waals surface area contributed by atoms with E-state index in [1.807, 2.05) is 60.7 Å². The summed E-state index contributed by atoms with van der Waals surface area (Å²) in [6.45, 7) is 2.55. The molecule has 0 bridgehead atoms. The maximum Gasteiger partial charge on any atom is 0.318 e. The molecular weight excluding hydrogens is 566 g/mol. The van der Waals surface area contributed by atoms with Crippen LogP contribution in [0.2, 0.25) is 0 Å². The monoisotopic (exact) mass is 613 g/mol. The normalized spacial score (nSPS) is 17.5. The van der Waals surface area contributed by atoms with E-state index >= 15 is 0 Å². The van der Waals surface area contributed by atoms with Gasteiger partial charge in [-0.1, -0.05) is 80.6 Å². The molecule has 10 nitrogen and oxygen atoms in total. The van der Waals surface area contributed by atoms with Crippen LogP contribution in [0.1, 0.15) is 50.5 Å². The first-order valence-electron chi connectivity index (χ1n) is 15.6. The molecule has 0 radical (unpaired) electrons. The summed E-state index contributed by atoms with van der Waals surface area (Å²) in [6, 6.07) is 17.8. The molecule has 2 aromatic carbocycles. The summed E-state index contributed by atoms with van der Waals surface area (Å²) in [6.07, 6.45) is 7.12. The summed E-state index contributed by atoms with van der Waals surface area (Å²) in [4.78, 5) is 28.5. The number of rotatable bonds is 15. The molecule has 3 amide bonds. The molecule has 0 aromatic heterocycles. The van der Waals surface area contributed by atoms with Gasteiger partial charge in [-0.05, 0) is 42.9 Å². The van der Waals surface area contributed by atoms with Crippen molar-refractivity contribution in [1.82, 2.24) is 20.3 Å². The highest BCUT2D eigenvalue weighted by Crippen LogP contribution is 2.27. The van der Waals surface area contributed by atoms with Crippen LogP contribution in [-0.2, 0) is 26.0 Å². The van der Waals surface area contributed by atoms with E-state index in [4.69, 9.17) is 4.74 Å². The van der Waals surface area contributed by atoms with Crippen LogP contribution in [0.3, 0.4) is 0 Å². The average Bonchev–Trinajstić information content (AvgIpc) is 3.03. The highest BCUT2D eigenvalue weighted by atomic mass is 32.2. The number of urea groups is 1. The fourth-order valence-corrected chi connectivity index (χ4v) is 7.08. The summed E-state index contributed by atoms with van der Waals surface area (Å²) < 4.78 is 34.3. The second kappa shape index (κ2) is 17.2. The lowest BCUT2D eigenvalue weighted by Gasteiger charge is -2.32. The molecule has 4 rings (SSSR count). The molecule has 1 aliphatic heterocycles. The Morgan fingerprint density at radius 2 is 1.56 bits per heavy atom. The second-order valence-electron chi connectivity index (χ2n) is 11.5. The number of aryl methyl sites for hydroxylation is 1. The van der Waals surface area contributed by atoms with Gasteiger partial charge in [0.25, 0.3) is 0 Å². The molecule has 2 aliphatic rings. The van der Waals surface area contributed by atoms with Crippen molar-refractivity contribution in [2.24, 2.45) is 5.92 Å². The molecule has 2 fully saturated rings. The molecule has 236 valence electrons. The molecule has 11 heteroatoms. The fraction of sp³-hybridized carbons (Fsp3) is 0.562. The first-order chi connectivity index (χ1) is 20.9. The molecule has 2 unspecified atom stereocenters. The molecule has 0 spiro atoms. The second-order valence-corrected chi connectivity index (χ2v) is 13.4. The van der Waals surface area contributed by atoms with E-state index in [1.165, 1.54) is 6.42 Å². The number of carbonyl (C=O) groups excluding carboxylic acids is 2. The molecule has 1 heterocycles. The van der Waals surface area contributed by atoms with E-state index in [-0.39, 0.29) is 24.2 Å². The Morgan fingerprint density at radius 3 is 2.26 bits per heavy atom. The quantitative estimate of drug-likeness (QED) is 0.228. The van der Waals surface area contributed by atoms with Gasteiger partial charge in [0.05, 0.1) is 19.0 Å². The van der Waals surface area contributed by atoms with Gasteiger partial charge in [-0.3, -0.25) is 4.79 Å². The molecule has 2 atom stereocenters. The van der Waals surface area contributed by atoms with Gasteiger partial charge in [0, 0.05) is 37.9 Å². The summed E-state index contributed by atoms with van der Waals surface area (Å²) in [5.74, 6) is -0.226. The summed E-state index contributed by atoms with van der Waals surface area (Å²) in [7, 11) is -3.69. The lowest BCUT2D eigenvalue weighted by Crippen LogP contribution is -2.56. The van der Waals surface area contributed by atoms with Crippen LogP contribution in [-0.4, -0.2) is 82.5 Å². The highest BCUT2D eigenvalue weighted by molar-refractivity contribution is 7.89. The zero-order chi connectivity index (χ0) is 30.3. The average molecular weight is 614 g/mol. The number of morpholine rings is 1. The SMILES string of the molecule is O=C(NC(CCc1ccccc1)CS(=O)(=O)NCCNc1ccccc1)C(CC1CCCCC1)NC(=O)N1CCOCC1. The summed E-state index contributed by atoms with van der Waals surface area (Å²) >= 11 is 0. The maximum atomic E-state index is 13.8. The lowest BCUT2D eigenvalue weighted by atomic mass is 9.84. The predicted molar refractivity (Wildman–Crippen MR) is 169 cm³/mol. The number of sulfonamides is 1. The third-order valence-corrected chi connectivity index (χ3v) is 9.63. The number of carbonyl (C=O) groups is 2. The van der Waals surface area contributed by atoms with Crippen LogP contribution in [0.5, 0.6) is 0 Å². The number of hydrogen-bond acceptors (Lipinski definition) is 6. The zero-order valence-corrected chi connectivity index (χ0v) is 25.8. The number of amides is 3. The first-order valence-corrected chi connectivity index (χ1v) is 17.3. The number of anilines is 1. The van der Waals surface area contributed by atoms with Gasteiger partial charge in [-0.15, -0.1) is 0 Å². The smallest absolute Gasteiger partial charge is 0.318 e. The van der Waals surface area contributed by atoms with E-state index in [1.54, 1.807) is 4.90 Å². The van der Waals surface area contributed by atoms with E-state index in [0.29, 0.717) is 58.0 Å². The van der Waals surface area contributed by atoms with Gasteiger partial charge in [0.1, 0.15) is 6.04 Å². The lowest BCUT2D eigenvalue weighted by molar-refractivity contribution is -0.124. The van der Waals surface area contributed by atoms with E-state index in [2.05, 4.69) is 20.7 Å². The molecule has 1 saturated heterocycles. The van der Waals surface area contributed by atoms with Crippen molar-refractivity contribution < 1.29 is 22.7 Å². The van der Waals surface area contributed by atoms with Gasteiger partial charge in [0.2, 0.25) is 15.9 Å². The Balaban J connectivity index is 1.40. The van der Waals surface area contributed by atoms with Crippen molar-refractivity contribution in [3.63, 3.8) is 0 Å². The van der Waals surface area contributed by atoms with Gasteiger partial charge < -0.3 is 25.6 Å².